The van der Waals surface area contributed by atoms with Crippen molar-refractivity contribution < 1.29 is 21.7 Å². The van der Waals surface area contributed by atoms with E-state index in [0.717, 1.165) is 12.8 Å². The first-order valence-electron chi connectivity index (χ1n) is 13.5. The van der Waals surface area contributed by atoms with Gasteiger partial charge in [-0.2, -0.15) is 0 Å². The normalized spacial score (nSPS) is 11.4. The average Bonchev–Trinajstić information content (AvgIpc) is 3.18. The SMILES string of the molecule is CCCCCCCCCCCCOS(=O)(=O)[O-].CCCCCCCCCCn1cc[n+](C)c1. The molecule has 0 saturated carbocycles. The molecule has 0 aliphatic heterocycles. The predicted octanol–water partition coefficient (Wildman–Crippen LogP) is 6.84. The average molecular weight is 489 g/mol. The lowest BCUT2D eigenvalue weighted by Gasteiger charge is -2.06. The Labute approximate surface area is 205 Å². The van der Waals surface area contributed by atoms with Crippen molar-refractivity contribution in [1.82, 2.24) is 4.57 Å². The fourth-order valence-electron chi connectivity index (χ4n) is 3.81. The van der Waals surface area contributed by atoms with Gasteiger partial charge in [-0.3, -0.25) is 4.18 Å². The van der Waals surface area contributed by atoms with Crippen molar-refractivity contribution in [2.24, 2.45) is 7.05 Å². The van der Waals surface area contributed by atoms with Crippen molar-refractivity contribution in [3.05, 3.63) is 18.7 Å². The lowest BCUT2D eigenvalue weighted by molar-refractivity contribution is -0.671. The first-order chi connectivity index (χ1) is 15.9. The minimum Gasteiger partial charge on any atom is -0.726 e. The van der Waals surface area contributed by atoms with Gasteiger partial charge in [0.25, 0.3) is 0 Å². The summed E-state index contributed by atoms with van der Waals surface area (Å²) < 4.78 is 38.8. The molecule has 0 atom stereocenters. The molecule has 0 bridgehead atoms. The van der Waals surface area contributed by atoms with Crippen molar-refractivity contribution in [1.29, 1.82) is 0 Å². The highest BCUT2D eigenvalue weighted by Crippen LogP contribution is 2.11. The summed E-state index contributed by atoms with van der Waals surface area (Å²) >= 11 is 0. The summed E-state index contributed by atoms with van der Waals surface area (Å²) in [5.41, 5.74) is 0. The molecule has 0 fully saturated rings. The summed E-state index contributed by atoms with van der Waals surface area (Å²) in [4.78, 5) is 0. The number of unbranched alkanes of at least 4 members (excludes halogenated alkanes) is 16. The van der Waals surface area contributed by atoms with Crippen LogP contribution >= 0.6 is 0 Å². The van der Waals surface area contributed by atoms with Gasteiger partial charge < -0.3 is 4.55 Å². The van der Waals surface area contributed by atoms with Crippen LogP contribution in [0.2, 0.25) is 0 Å². The zero-order chi connectivity index (χ0) is 24.6. The van der Waals surface area contributed by atoms with Gasteiger partial charge in [-0.05, 0) is 19.3 Å². The Morgan fingerprint density at radius 2 is 1.15 bits per heavy atom. The topological polar surface area (TPSA) is 75.2 Å². The molecule has 0 aromatic carbocycles. The van der Waals surface area contributed by atoms with Crippen molar-refractivity contribution in [3.8, 4) is 0 Å². The fourth-order valence-corrected chi connectivity index (χ4v) is 4.13. The summed E-state index contributed by atoms with van der Waals surface area (Å²) in [7, 11) is -2.41. The highest BCUT2D eigenvalue weighted by Gasteiger charge is 1.99. The van der Waals surface area contributed by atoms with Crippen LogP contribution in [0, 0.1) is 0 Å². The van der Waals surface area contributed by atoms with Crippen LogP contribution in [0.5, 0.6) is 0 Å². The molecule has 0 N–H and O–H groups in total. The van der Waals surface area contributed by atoms with Crippen LogP contribution < -0.4 is 4.57 Å². The third-order valence-corrected chi connectivity index (χ3v) is 6.27. The van der Waals surface area contributed by atoms with Gasteiger partial charge in [0.1, 0.15) is 12.4 Å². The maximum Gasteiger partial charge on any atom is 0.243 e. The molecule has 196 valence electrons. The third-order valence-electron chi connectivity index (χ3n) is 5.82. The Bertz CT molecular complexity index is 632. The van der Waals surface area contributed by atoms with Crippen LogP contribution in [0.3, 0.4) is 0 Å². The number of aromatic nitrogens is 2. The van der Waals surface area contributed by atoms with Crippen LogP contribution in [0.25, 0.3) is 0 Å². The third kappa shape index (κ3) is 25.5. The summed E-state index contributed by atoms with van der Waals surface area (Å²) in [6.45, 7) is 5.69. The molecule has 33 heavy (non-hydrogen) atoms. The van der Waals surface area contributed by atoms with Crippen LogP contribution in [0.15, 0.2) is 18.7 Å². The largest absolute Gasteiger partial charge is 0.726 e. The standard InChI is InChI=1S/C14H27N2.C12H26O4S/c1-3-4-5-6-7-8-9-10-11-16-13-12-15(2)14-16;1-2-3-4-5-6-7-8-9-10-11-12-16-17(13,14)15/h12-14H,3-11H2,1-2H3;2-12H2,1H3,(H,13,14,15)/q+1;/p-1. The van der Waals surface area contributed by atoms with Crippen molar-refractivity contribution in [3.63, 3.8) is 0 Å². The van der Waals surface area contributed by atoms with Gasteiger partial charge in [-0.1, -0.05) is 110 Å². The Morgan fingerprint density at radius 1 is 0.727 bits per heavy atom. The lowest BCUT2D eigenvalue weighted by atomic mass is 10.1. The molecule has 0 aliphatic carbocycles. The van der Waals surface area contributed by atoms with E-state index in [9.17, 15) is 13.0 Å². The number of aryl methyl sites for hydroxylation is 2. The predicted molar refractivity (Wildman–Crippen MR) is 136 cm³/mol. The van der Waals surface area contributed by atoms with Crippen molar-refractivity contribution in [2.75, 3.05) is 6.61 Å². The minimum atomic E-state index is -4.48. The quantitative estimate of drug-likeness (QED) is 0.0821. The fraction of sp³-hybridized carbons (Fsp3) is 0.885. The smallest absolute Gasteiger partial charge is 0.243 e. The van der Waals surface area contributed by atoms with Gasteiger partial charge in [-0.15, -0.1) is 0 Å². The first-order valence-corrected chi connectivity index (χ1v) is 14.8. The van der Waals surface area contributed by atoms with E-state index < -0.39 is 10.4 Å². The van der Waals surface area contributed by atoms with E-state index in [1.54, 1.807) is 0 Å². The summed E-state index contributed by atoms with van der Waals surface area (Å²) in [6, 6.07) is 0. The van der Waals surface area contributed by atoms with Crippen LogP contribution in [0.4, 0.5) is 0 Å². The van der Waals surface area contributed by atoms with E-state index >= 15 is 0 Å². The maximum absolute atomic E-state index is 10.1. The molecule has 6 nitrogen and oxygen atoms in total. The molecule has 1 aromatic rings. The second kappa shape index (κ2) is 22.9. The number of rotatable bonds is 21. The second-order valence-electron chi connectivity index (χ2n) is 9.20. The van der Waals surface area contributed by atoms with Gasteiger partial charge >= 0.3 is 0 Å². The van der Waals surface area contributed by atoms with E-state index in [1.165, 1.54) is 103 Å². The van der Waals surface area contributed by atoms with Gasteiger partial charge in [-0.25, -0.2) is 17.6 Å². The summed E-state index contributed by atoms with van der Waals surface area (Å²) in [6.07, 6.45) is 29.3. The van der Waals surface area contributed by atoms with E-state index in [2.05, 4.69) is 52.9 Å². The summed E-state index contributed by atoms with van der Waals surface area (Å²) in [5, 5.41) is 0. The van der Waals surface area contributed by atoms with Crippen LogP contribution in [-0.2, 0) is 28.2 Å². The zero-order valence-corrected chi connectivity index (χ0v) is 22.6. The van der Waals surface area contributed by atoms with E-state index in [-0.39, 0.29) is 6.61 Å². The number of hydrogen-bond donors (Lipinski definition) is 0. The second-order valence-corrected chi connectivity index (χ2v) is 10.3. The Kier molecular flexibility index (Phi) is 22.2. The van der Waals surface area contributed by atoms with Gasteiger partial charge in [0.05, 0.1) is 20.2 Å². The Hall–Kier alpha value is -0.920. The van der Waals surface area contributed by atoms with Crippen LogP contribution in [0.1, 0.15) is 129 Å². The molecular formula is C26H52N2O4S. The number of hydrogen-bond acceptors (Lipinski definition) is 4. The number of nitrogens with zero attached hydrogens (tertiary/aromatic N) is 2. The molecule has 0 saturated heterocycles. The van der Waals surface area contributed by atoms with Gasteiger partial charge in [0.15, 0.2) is 0 Å². The molecule has 0 amide bonds. The minimum absolute atomic E-state index is 0.0301. The first kappa shape index (κ1) is 32.1. The highest BCUT2D eigenvalue weighted by atomic mass is 32.3. The Morgan fingerprint density at radius 3 is 1.55 bits per heavy atom. The summed E-state index contributed by atoms with van der Waals surface area (Å²) in [5.74, 6) is 0. The van der Waals surface area contributed by atoms with Crippen molar-refractivity contribution >= 4 is 10.4 Å². The molecule has 1 aromatic heterocycles. The van der Waals surface area contributed by atoms with E-state index in [0.29, 0.717) is 6.42 Å². The number of imidazole rings is 1. The van der Waals surface area contributed by atoms with Crippen LogP contribution in [-0.4, -0.2) is 24.1 Å². The maximum atomic E-state index is 10.1. The van der Waals surface area contributed by atoms with E-state index in [4.69, 9.17) is 0 Å². The monoisotopic (exact) mass is 488 g/mol. The van der Waals surface area contributed by atoms with Gasteiger partial charge in [0.2, 0.25) is 16.7 Å². The molecule has 0 spiro atoms. The van der Waals surface area contributed by atoms with E-state index in [1.807, 2.05) is 0 Å². The zero-order valence-electron chi connectivity index (χ0n) is 21.8. The molecule has 7 heteroatoms. The lowest BCUT2D eigenvalue weighted by Crippen LogP contribution is -2.23. The molecule has 1 rings (SSSR count). The molecule has 1 heterocycles. The van der Waals surface area contributed by atoms with Gasteiger partial charge in [0, 0.05) is 0 Å². The Balaban J connectivity index is 0.000000621. The molecular weight excluding hydrogens is 436 g/mol. The molecule has 0 unspecified atom stereocenters. The molecule has 0 radical (unpaired) electrons. The highest BCUT2D eigenvalue weighted by molar-refractivity contribution is 7.80. The van der Waals surface area contributed by atoms with Crippen molar-refractivity contribution in [2.45, 2.75) is 136 Å². The molecule has 0 aliphatic rings.